The number of nitro groups is 1. The first-order valence-corrected chi connectivity index (χ1v) is 7.63. The van der Waals surface area contributed by atoms with E-state index < -0.39 is 16.6 Å². The second-order valence-corrected chi connectivity index (χ2v) is 5.34. The SMILES string of the molecule is COc1cc([N+](=O)[O-])cc(/C=N\NC(=O)Cn2nc3ccccc3n2)c1[O-]. The molecule has 1 amide bonds. The molecule has 0 aliphatic heterocycles. The van der Waals surface area contributed by atoms with Gasteiger partial charge >= 0.3 is 0 Å². The number of nitrogens with zero attached hydrogens (tertiary/aromatic N) is 5. The van der Waals surface area contributed by atoms with Gasteiger partial charge in [-0.1, -0.05) is 17.9 Å². The summed E-state index contributed by atoms with van der Waals surface area (Å²) < 4.78 is 4.83. The molecule has 3 rings (SSSR count). The summed E-state index contributed by atoms with van der Waals surface area (Å²) in [5, 5.41) is 34.9. The minimum atomic E-state index is -0.661. The highest BCUT2D eigenvalue weighted by atomic mass is 16.6. The molecule has 11 heteroatoms. The van der Waals surface area contributed by atoms with Gasteiger partial charge in [0, 0.05) is 6.07 Å². The van der Waals surface area contributed by atoms with Crippen LogP contribution in [-0.2, 0) is 11.3 Å². The number of rotatable bonds is 6. The van der Waals surface area contributed by atoms with Crippen LogP contribution in [0.2, 0.25) is 0 Å². The van der Waals surface area contributed by atoms with Crippen molar-refractivity contribution in [1.82, 2.24) is 20.4 Å². The number of nitrogens with one attached hydrogen (secondary N) is 1. The predicted octanol–water partition coefficient (Wildman–Crippen LogP) is 0.572. The van der Waals surface area contributed by atoms with E-state index in [9.17, 15) is 20.0 Å². The van der Waals surface area contributed by atoms with E-state index in [-0.39, 0.29) is 23.5 Å². The Kier molecular flexibility index (Phi) is 4.92. The lowest BCUT2D eigenvalue weighted by molar-refractivity contribution is -0.385. The second kappa shape index (κ2) is 7.47. The van der Waals surface area contributed by atoms with Crippen LogP contribution < -0.4 is 15.3 Å². The number of hydrogen-bond donors (Lipinski definition) is 1. The van der Waals surface area contributed by atoms with Crippen LogP contribution in [0.3, 0.4) is 0 Å². The summed E-state index contributed by atoms with van der Waals surface area (Å²) in [6.07, 6.45) is 1.02. The number of carbonyl (C=O) groups is 1. The molecule has 0 aliphatic carbocycles. The molecular weight excluding hydrogens is 356 g/mol. The molecule has 0 radical (unpaired) electrons. The van der Waals surface area contributed by atoms with Crippen LogP contribution in [-0.4, -0.2) is 39.1 Å². The fourth-order valence-corrected chi connectivity index (χ4v) is 2.27. The van der Waals surface area contributed by atoms with Crippen molar-refractivity contribution in [3.8, 4) is 11.5 Å². The molecule has 11 nitrogen and oxygen atoms in total. The van der Waals surface area contributed by atoms with Crippen molar-refractivity contribution in [3.05, 3.63) is 52.1 Å². The summed E-state index contributed by atoms with van der Waals surface area (Å²) in [5.74, 6) is -1.30. The molecule has 0 aliphatic rings. The van der Waals surface area contributed by atoms with Crippen molar-refractivity contribution in [1.29, 1.82) is 0 Å². The van der Waals surface area contributed by atoms with Crippen LogP contribution in [0.5, 0.6) is 11.5 Å². The lowest BCUT2D eigenvalue weighted by Gasteiger charge is -2.14. The van der Waals surface area contributed by atoms with Gasteiger partial charge in [-0.25, -0.2) is 5.43 Å². The summed E-state index contributed by atoms with van der Waals surface area (Å²) >= 11 is 0. The third kappa shape index (κ3) is 3.98. The summed E-state index contributed by atoms with van der Waals surface area (Å²) in [4.78, 5) is 23.4. The molecule has 0 bridgehead atoms. The van der Waals surface area contributed by atoms with Gasteiger partial charge in [-0.05, 0) is 17.7 Å². The van der Waals surface area contributed by atoms with Gasteiger partial charge in [-0.2, -0.15) is 20.1 Å². The maximum Gasteiger partial charge on any atom is 0.273 e. The van der Waals surface area contributed by atoms with E-state index >= 15 is 0 Å². The predicted molar refractivity (Wildman–Crippen MR) is 92.4 cm³/mol. The highest BCUT2D eigenvalue weighted by molar-refractivity contribution is 5.87. The average molecular weight is 369 g/mol. The number of hydrazone groups is 1. The van der Waals surface area contributed by atoms with E-state index in [1.165, 1.54) is 11.9 Å². The zero-order valence-electron chi connectivity index (χ0n) is 14.0. The quantitative estimate of drug-likeness (QED) is 0.379. The summed E-state index contributed by atoms with van der Waals surface area (Å²) in [6, 6.07) is 9.20. The number of nitro benzene ring substituents is 1. The van der Waals surface area contributed by atoms with Crippen molar-refractivity contribution >= 4 is 28.8 Å². The van der Waals surface area contributed by atoms with Gasteiger partial charge in [0.25, 0.3) is 11.6 Å². The number of ether oxygens (including phenoxy) is 1. The Labute approximate surface area is 152 Å². The van der Waals surface area contributed by atoms with Crippen molar-refractivity contribution in [3.63, 3.8) is 0 Å². The fourth-order valence-electron chi connectivity index (χ4n) is 2.27. The van der Waals surface area contributed by atoms with Crippen molar-refractivity contribution < 1.29 is 19.6 Å². The van der Waals surface area contributed by atoms with E-state index in [0.29, 0.717) is 11.0 Å². The van der Waals surface area contributed by atoms with Crippen LogP contribution in [0.25, 0.3) is 11.0 Å². The average Bonchev–Trinajstić information content (AvgIpc) is 3.05. The normalized spacial score (nSPS) is 11.0. The molecule has 0 fully saturated rings. The number of benzene rings is 2. The largest absolute Gasteiger partial charge is 0.870 e. The van der Waals surface area contributed by atoms with Crippen LogP contribution in [0.15, 0.2) is 41.5 Å². The van der Waals surface area contributed by atoms with Crippen molar-refractivity contribution in [2.75, 3.05) is 7.11 Å². The van der Waals surface area contributed by atoms with Crippen LogP contribution in [0.4, 0.5) is 5.69 Å². The Hall–Kier alpha value is -4.02. The van der Waals surface area contributed by atoms with Crippen LogP contribution >= 0.6 is 0 Å². The number of methoxy groups -OCH3 is 1. The second-order valence-electron chi connectivity index (χ2n) is 5.34. The summed E-state index contributed by atoms with van der Waals surface area (Å²) in [5.41, 5.74) is 3.09. The molecule has 0 saturated carbocycles. The molecule has 138 valence electrons. The maximum atomic E-state index is 12.1. The number of fused-ring (bicyclic) bond motifs is 1. The monoisotopic (exact) mass is 369 g/mol. The topological polar surface area (TPSA) is 148 Å². The molecule has 0 unspecified atom stereocenters. The van der Waals surface area contributed by atoms with Crippen LogP contribution in [0, 0.1) is 10.1 Å². The number of hydrogen-bond acceptors (Lipinski definition) is 8. The van der Waals surface area contributed by atoms with E-state index in [2.05, 4.69) is 20.7 Å². The molecule has 1 aromatic heterocycles. The number of aromatic nitrogens is 3. The van der Waals surface area contributed by atoms with Gasteiger partial charge < -0.3 is 9.84 Å². The molecular formula is C16H13N6O5-. The van der Waals surface area contributed by atoms with E-state index in [0.717, 1.165) is 18.3 Å². The summed E-state index contributed by atoms with van der Waals surface area (Å²) in [7, 11) is 1.23. The number of amides is 1. The van der Waals surface area contributed by atoms with E-state index in [4.69, 9.17) is 4.74 Å². The molecule has 1 N–H and O–H groups in total. The van der Waals surface area contributed by atoms with Gasteiger partial charge in [0.15, 0.2) is 0 Å². The van der Waals surface area contributed by atoms with E-state index in [1.54, 1.807) is 24.3 Å². The first kappa shape index (κ1) is 17.8. The van der Waals surface area contributed by atoms with Gasteiger partial charge in [0.1, 0.15) is 23.3 Å². The van der Waals surface area contributed by atoms with Crippen molar-refractivity contribution in [2.45, 2.75) is 6.54 Å². The minimum absolute atomic E-state index is 0.0932. The van der Waals surface area contributed by atoms with Crippen molar-refractivity contribution in [2.24, 2.45) is 5.10 Å². The zero-order valence-corrected chi connectivity index (χ0v) is 14.0. The fraction of sp³-hybridized carbons (Fsp3) is 0.125. The Morgan fingerprint density at radius 3 is 2.59 bits per heavy atom. The molecule has 0 saturated heterocycles. The van der Waals surface area contributed by atoms with Gasteiger partial charge in [-0.15, -0.1) is 0 Å². The molecule has 27 heavy (non-hydrogen) atoms. The molecule has 3 aromatic rings. The lowest BCUT2D eigenvalue weighted by Crippen LogP contribution is -2.24. The first-order valence-electron chi connectivity index (χ1n) is 7.63. The number of carbonyl (C=O) groups excluding carboxylic acids is 1. The first-order chi connectivity index (χ1) is 13.0. The highest BCUT2D eigenvalue weighted by Gasteiger charge is 2.11. The van der Waals surface area contributed by atoms with Gasteiger partial charge in [0.2, 0.25) is 0 Å². The Morgan fingerprint density at radius 1 is 1.33 bits per heavy atom. The van der Waals surface area contributed by atoms with Gasteiger partial charge in [-0.3, -0.25) is 14.9 Å². The standard InChI is InChI=1S/C16H14N6O5/c1-27-14-7-11(22(25)26)6-10(16(14)24)8-17-18-15(23)9-21-19-12-4-2-3-5-13(12)20-21/h2-8,24H,9H2,1H3,(H,18,23)/p-1/b17-8-. The number of non-ortho nitro benzene ring substituents is 1. The van der Waals surface area contributed by atoms with Gasteiger partial charge in [0.05, 0.1) is 24.3 Å². The molecule has 2 aromatic carbocycles. The lowest BCUT2D eigenvalue weighted by atomic mass is 10.2. The highest BCUT2D eigenvalue weighted by Crippen LogP contribution is 2.31. The Bertz CT molecular complexity index is 1010. The minimum Gasteiger partial charge on any atom is -0.870 e. The third-order valence-corrected chi connectivity index (χ3v) is 3.51. The Morgan fingerprint density at radius 2 is 2.00 bits per heavy atom. The Balaban J connectivity index is 1.70. The molecule has 1 heterocycles. The van der Waals surface area contributed by atoms with Crippen LogP contribution in [0.1, 0.15) is 5.56 Å². The maximum absolute atomic E-state index is 12.1. The summed E-state index contributed by atoms with van der Waals surface area (Å²) in [6.45, 7) is -0.186. The van der Waals surface area contributed by atoms with E-state index in [1.807, 2.05) is 0 Å². The zero-order chi connectivity index (χ0) is 19.4. The smallest absolute Gasteiger partial charge is 0.273 e. The molecule has 0 spiro atoms. The molecule has 0 atom stereocenters. The third-order valence-electron chi connectivity index (χ3n) is 3.51.